The quantitative estimate of drug-likeness (QED) is 0.715. The highest BCUT2D eigenvalue weighted by Crippen LogP contribution is 2.32. The molecule has 2 rings (SSSR count). The Morgan fingerprint density at radius 1 is 1.44 bits per heavy atom. The van der Waals surface area contributed by atoms with Crippen LogP contribution < -0.4 is 0 Å². The Hall–Kier alpha value is -1.39. The first-order chi connectivity index (χ1) is 7.66. The van der Waals surface area contributed by atoms with Crippen molar-refractivity contribution in [3.8, 4) is 0 Å². The van der Waals surface area contributed by atoms with Gasteiger partial charge in [0.25, 0.3) is 0 Å². The largest absolute Gasteiger partial charge is 0.434 e. The number of hydrogen-bond acceptors (Lipinski definition) is 4. The van der Waals surface area contributed by atoms with Crippen molar-refractivity contribution in [2.45, 2.75) is 25.7 Å². The predicted molar refractivity (Wildman–Crippen MR) is 58.2 cm³/mol. The van der Waals surface area contributed by atoms with Crippen molar-refractivity contribution >= 4 is 5.97 Å². The lowest BCUT2D eigenvalue weighted by molar-refractivity contribution is -0.225. The molecule has 0 saturated carbocycles. The van der Waals surface area contributed by atoms with Crippen LogP contribution in [0.25, 0.3) is 0 Å². The van der Waals surface area contributed by atoms with Crippen LogP contribution in [0.1, 0.15) is 24.9 Å². The summed E-state index contributed by atoms with van der Waals surface area (Å²) >= 11 is 0. The molecule has 1 saturated heterocycles. The van der Waals surface area contributed by atoms with Crippen LogP contribution in [0.4, 0.5) is 0 Å². The van der Waals surface area contributed by atoms with Crippen molar-refractivity contribution in [1.82, 2.24) is 5.06 Å². The van der Waals surface area contributed by atoms with E-state index in [1.54, 1.807) is 5.06 Å². The van der Waals surface area contributed by atoms with E-state index < -0.39 is 6.29 Å². The van der Waals surface area contributed by atoms with Crippen LogP contribution >= 0.6 is 0 Å². The fourth-order valence-corrected chi connectivity index (χ4v) is 1.91. The fourth-order valence-electron chi connectivity index (χ4n) is 1.91. The second kappa shape index (κ2) is 4.63. The van der Waals surface area contributed by atoms with Gasteiger partial charge >= 0.3 is 5.97 Å². The fraction of sp³-hybridized carbons (Fsp3) is 0.417. The van der Waals surface area contributed by atoms with Gasteiger partial charge in [-0.15, -0.1) is 0 Å². The van der Waals surface area contributed by atoms with Gasteiger partial charge in [-0.2, -0.15) is 5.06 Å². The molecule has 1 aliphatic rings. The van der Waals surface area contributed by atoms with E-state index in [2.05, 4.69) is 0 Å². The Morgan fingerprint density at radius 2 is 2.12 bits per heavy atom. The minimum Gasteiger partial charge on any atom is -0.434 e. The van der Waals surface area contributed by atoms with Gasteiger partial charge in [-0.25, -0.2) is 0 Å². The summed E-state index contributed by atoms with van der Waals surface area (Å²) in [7, 11) is 1.85. The van der Waals surface area contributed by atoms with Crippen LogP contribution in [0.15, 0.2) is 30.3 Å². The molecule has 0 aromatic heterocycles. The van der Waals surface area contributed by atoms with E-state index in [-0.39, 0.29) is 12.0 Å². The van der Waals surface area contributed by atoms with Crippen LogP contribution in [0.3, 0.4) is 0 Å². The number of ether oxygens (including phenoxy) is 1. The topological polar surface area (TPSA) is 38.8 Å². The van der Waals surface area contributed by atoms with Gasteiger partial charge in [-0.05, 0) is 5.56 Å². The molecule has 1 aromatic carbocycles. The molecule has 16 heavy (non-hydrogen) atoms. The maximum Gasteiger partial charge on any atom is 0.304 e. The summed E-state index contributed by atoms with van der Waals surface area (Å²) in [6.07, 6.45) is 0.202. The van der Waals surface area contributed by atoms with Crippen LogP contribution in [0.2, 0.25) is 0 Å². The van der Waals surface area contributed by atoms with Gasteiger partial charge in [0.1, 0.15) is 0 Å². The molecule has 4 heteroatoms. The maximum atomic E-state index is 10.8. The minimum absolute atomic E-state index is 0.144. The number of carbonyl (C=O) groups excluding carboxylic acids is 1. The number of carbonyl (C=O) groups is 1. The monoisotopic (exact) mass is 221 g/mol. The van der Waals surface area contributed by atoms with Gasteiger partial charge in [-0.1, -0.05) is 30.3 Å². The van der Waals surface area contributed by atoms with Crippen LogP contribution in [-0.4, -0.2) is 24.4 Å². The van der Waals surface area contributed by atoms with E-state index in [0.29, 0.717) is 6.42 Å². The molecular weight excluding hydrogens is 206 g/mol. The molecule has 1 heterocycles. The molecule has 0 spiro atoms. The van der Waals surface area contributed by atoms with Gasteiger partial charge in [0, 0.05) is 20.4 Å². The molecule has 2 atom stereocenters. The van der Waals surface area contributed by atoms with Gasteiger partial charge in [-0.3, -0.25) is 9.63 Å². The number of nitrogens with zero attached hydrogens (tertiary/aromatic N) is 1. The molecule has 0 aliphatic carbocycles. The standard InChI is InChI=1S/C12H15NO3/c1-9(14)15-12-8-11(13(2)16-12)10-6-4-3-5-7-10/h3-7,11-12H,8H2,1-2H3/t11-,12+/m1/s1. The van der Waals surface area contributed by atoms with Crippen molar-refractivity contribution in [1.29, 1.82) is 0 Å². The summed E-state index contributed by atoms with van der Waals surface area (Å²) in [5.41, 5.74) is 1.17. The highest BCUT2D eigenvalue weighted by Gasteiger charge is 2.33. The lowest BCUT2D eigenvalue weighted by Crippen LogP contribution is -2.19. The number of hydrogen-bond donors (Lipinski definition) is 0. The van der Waals surface area contributed by atoms with E-state index >= 15 is 0 Å². The van der Waals surface area contributed by atoms with E-state index in [4.69, 9.17) is 9.57 Å². The zero-order valence-corrected chi connectivity index (χ0v) is 9.42. The summed E-state index contributed by atoms with van der Waals surface area (Å²) in [5, 5.41) is 1.74. The zero-order valence-electron chi connectivity index (χ0n) is 9.42. The Balaban J connectivity index is 2.05. The SMILES string of the molecule is CC(=O)O[C@@H]1C[C@H](c2ccccc2)N(C)O1. The highest BCUT2D eigenvalue weighted by atomic mass is 16.8. The normalized spacial score (nSPS) is 25.6. The third-order valence-electron chi connectivity index (χ3n) is 2.62. The first kappa shape index (κ1) is 11.1. The summed E-state index contributed by atoms with van der Waals surface area (Å²) in [6.45, 7) is 1.39. The zero-order chi connectivity index (χ0) is 11.5. The second-order valence-electron chi connectivity index (χ2n) is 3.85. The lowest BCUT2D eigenvalue weighted by Gasteiger charge is -2.16. The Kier molecular flexibility index (Phi) is 3.22. The van der Waals surface area contributed by atoms with Gasteiger partial charge < -0.3 is 4.74 Å². The first-order valence-electron chi connectivity index (χ1n) is 5.28. The van der Waals surface area contributed by atoms with E-state index in [9.17, 15) is 4.79 Å². The molecule has 0 unspecified atom stereocenters. The minimum atomic E-state index is -0.465. The van der Waals surface area contributed by atoms with E-state index in [1.807, 2.05) is 37.4 Å². The molecular formula is C12H15NO3. The van der Waals surface area contributed by atoms with Crippen molar-refractivity contribution < 1.29 is 14.4 Å². The number of rotatable bonds is 2. The summed E-state index contributed by atoms with van der Waals surface area (Å²) in [4.78, 5) is 16.3. The predicted octanol–water partition coefficient (Wildman–Crippen LogP) is 1.88. The number of hydroxylamine groups is 2. The Morgan fingerprint density at radius 3 is 2.75 bits per heavy atom. The third-order valence-corrected chi connectivity index (χ3v) is 2.62. The number of esters is 1. The summed E-state index contributed by atoms with van der Waals surface area (Å²) < 4.78 is 5.03. The van der Waals surface area contributed by atoms with E-state index in [0.717, 1.165) is 0 Å². The molecule has 86 valence electrons. The van der Waals surface area contributed by atoms with Crippen molar-refractivity contribution in [2.24, 2.45) is 0 Å². The smallest absolute Gasteiger partial charge is 0.304 e. The first-order valence-corrected chi connectivity index (χ1v) is 5.28. The van der Waals surface area contributed by atoms with Crippen molar-refractivity contribution in [2.75, 3.05) is 7.05 Å². The van der Waals surface area contributed by atoms with Crippen LogP contribution in [0, 0.1) is 0 Å². The Bertz CT molecular complexity index is 366. The molecule has 0 N–H and O–H groups in total. The molecule has 0 radical (unpaired) electrons. The maximum absolute atomic E-state index is 10.8. The molecule has 0 amide bonds. The van der Waals surface area contributed by atoms with Crippen LogP contribution in [-0.2, 0) is 14.4 Å². The molecule has 4 nitrogen and oxygen atoms in total. The average molecular weight is 221 g/mol. The van der Waals surface area contributed by atoms with E-state index in [1.165, 1.54) is 12.5 Å². The number of benzene rings is 1. The third kappa shape index (κ3) is 2.40. The van der Waals surface area contributed by atoms with Crippen LogP contribution in [0.5, 0.6) is 0 Å². The summed E-state index contributed by atoms with van der Waals surface area (Å²) in [6, 6.07) is 10.2. The Labute approximate surface area is 94.7 Å². The highest BCUT2D eigenvalue weighted by molar-refractivity contribution is 5.66. The molecule has 1 fully saturated rings. The molecule has 0 bridgehead atoms. The summed E-state index contributed by atoms with van der Waals surface area (Å²) in [5.74, 6) is -0.313. The average Bonchev–Trinajstić information content (AvgIpc) is 2.60. The molecule has 1 aromatic rings. The lowest BCUT2D eigenvalue weighted by atomic mass is 10.0. The molecule has 1 aliphatic heterocycles. The second-order valence-corrected chi connectivity index (χ2v) is 3.85. The van der Waals surface area contributed by atoms with Crippen molar-refractivity contribution in [3.05, 3.63) is 35.9 Å². The van der Waals surface area contributed by atoms with Gasteiger partial charge in [0.15, 0.2) is 0 Å². The van der Waals surface area contributed by atoms with Gasteiger partial charge in [0.05, 0.1) is 6.04 Å². The van der Waals surface area contributed by atoms with Crippen molar-refractivity contribution in [3.63, 3.8) is 0 Å². The van der Waals surface area contributed by atoms with Gasteiger partial charge in [0.2, 0.25) is 6.29 Å².